The molecule has 0 amide bonds. The Morgan fingerprint density at radius 3 is 2.42 bits per heavy atom. The van der Waals surface area contributed by atoms with E-state index in [4.69, 9.17) is 25.8 Å². The van der Waals surface area contributed by atoms with E-state index in [-0.39, 0.29) is 0 Å². The zero-order valence-electron chi connectivity index (χ0n) is 16.9. The van der Waals surface area contributed by atoms with Gasteiger partial charge in [0.05, 0.1) is 25.9 Å². The molecule has 2 heterocycles. The van der Waals surface area contributed by atoms with Crippen LogP contribution in [0.5, 0.6) is 5.75 Å². The summed E-state index contributed by atoms with van der Waals surface area (Å²) in [6, 6.07) is 13.0. The summed E-state index contributed by atoms with van der Waals surface area (Å²) in [5.74, 6) is 0.797. The van der Waals surface area contributed by atoms with Gasteiger partial charge < -0.3 is 34.6 Å². The van der Waals surface area contributed by atoms with Crippen LogP contribution in [0.2, 0.25) is 5.02 Å². The molecule has 4 N–H and O–H groups in total. The Bertz CT molecular complexity index is 869. The van der Waals surface area contributed by atoms with E-state index in [1.165, 1.54) is 0 Å². The minimum absolute atomic E-state index is 0.345. The molecule has 2 saturated heterocycles. The molecule has 0 saturated carbocycles. The Morgan fingerprint density at radius 2 is 1.74 bits per heavy atom. The molecule has 2 aliphatic heterocycles. The number of halogens is 1. The molecule has 6 atom stereocenters. The van der Waals surface area contributed by atoms with Crippen LogP contribution in [0, 0.1) is 0 Å². The van der Waals surface area contributed by atoms with Gasteiger partial charge in [0.15, 0.2) is 0 Å². The van der Waals surface area contributed by atoms with Gasteiger partial charge in [-0.25, -0.2) is 0 Å². The minimum atomic E-state index is -1.42. The number of hydrogen-bond acceptors (Lipinski definition) is 7. The van der Waals surface area contributed by atoms with E-state index in [2.05, 4.69) is 0 Å². The Balaban J connectivity index is 1.45. The van der Waals surface area contributed by atoms with E-state index in [9.17, 15) is 20.4 Å². The van der Waals surface area contributed by atoms with E-state index in [1.807, 2.05) is 30.3 Å². The summed E-state index contributed by atoms with van der Waals surface area (Å²) < 4.78 is 16.5. The number of aliphatic hydroxyl groups is 4. The topological polar surface area (TPSA) is 112 Å². The van der Waals surface area contributed by atoms with E-state index in [0.29, 0.717) is 29.7 Å². The monoisotopic (exact) mass is 450 g/mol. The molecule has 7 nitrogen and oxygen atoms in total. The third kappa shape index (κ3) is 5.38. The largest absolute Gasteiger partial charge is 0.493 e. The first kappa shape index (κ1) is 22.5. The van der Waals surface area contributed by atoms with E-state index < -0.39 is 37.1 Å². The highest BCUT2D eigenvalue weighted by molar-refractivity contribution is 6.31. The fourth-order valence-electron chi connectivity index (χ4n) is 3.75. The van der Waals surface area contributed by atoms with Crippen molar-refractivity contribution in [3.05, 3.63) is 64.2 Å². The molecular weight excluding hydrogens is 424 g/mol. The molecule has 2 aromatic carbocycles. The molecule has 4 rings (SSSR count). The van der Waals surface area contributed by atoms with Crippen molar-refractivity contribution in [2.75, 3.05) is 19.8 Å². The van der Waals surface area contributed by atoms with Crippen molar-refractivity contribution < 1.29 is 34.6 Å². The Morgan fingerprint density at radius 1 is 1.00 bits per heavy atom. The van der Waals surface area contributed by atoms with Crippen molar-refractivity contribution in [1.29, 1.82) is 0 Å². The van der Waals surface area contributed by atoms with Gasteiger partial charge in [-0.2, -0.15) is 0 Å². The number of aliphatic hydroxyl groups excluding tert-OH is 4. The first-order chi connectivity index (χ1) is 15.0. The molecule has 0 spiro atoms. The maximum absolute atomic E-state index is 10.4. The second-order valence-electron chi connectivity index (χ2n) is 8.01. The van der Waals surface area contributed by atoms with Crippen molar-refractivity contribution in [3.8, 4) is 5.75 Å². The molecule has 0 unspecified atom stereocenters. The Hall–Kier alpha value is -1.71. The van der Waals surface area contributed by atoms with Gasteiger partial charge in [0.1, 0.15) is 36.3 Å². The van der Waals surface area contributed by atoms with E-state index in [1.54, 1.807) is 12.1 Å². The summed E-state index contributed by atoms with van der Waals surface area (Å²) in [5, 5.41) is 40.4. The average Bonchev–Trinajstić information content (AvgIpc) is 3.60. The van der Waals surface area contributed by atoms with Crippen LogP contribution in [0.15, 0.2) is 42.5 Å². The predicted octanol–water partition coefficient (Wildman–Crippen LogP) is 1.61. The standard InChI is InChI=1S/C23H27ClO7/c24-18-6-3-14(23-22(28)21(27)20(26)19(11-25)31-23)10-15(18)9-13-1-4-16(5-2-13)29-8-7-17-12-30-17/h1-6,10,17,19-23,25-28H,7-9,11-12H2/t17-,19+,20+,21-,22+,23-/m0/s1. The number of hydrogen-bond donors (Lipinski definition) is 4. The first-order valence-corrected chi connectivity index (χ1v) is 10.8. The van der Waals surface area contributed by atoms with Crippen molar-refractivity contribution in [1.82, 2.24) is 0 Å². The third-order valence-electron chi connectivity index (χ3n) is 5.72. The minimum Gasteiger partial charge on any atom is -0.493 e. The van der Waals surface area contributed by atoms with Gasteiger partial charge in [-0.15, -0.1) is 0 Å². The quantitative estimate of drug-likeness (QED) is 0.452. The fourth-order valence-corrected chi connectivity index (χ4v) is 3.93. The van der Waals surface area contributed by atoms with E-state index >= 15 is 0 Å². The van der Waals surface area contributed by atoms with Gasteiger partial charge in [0, 0.05) is 11.4 Å². The second kappa shape index (κ2) is 9.83. The fraction of sp³-hybridized carbons (Fsp3) is 0.478. The van der Waals surface area contributed by atoms with Crippen molar-refractivity contribution in [3.63, 3.8) is 0 Å². The van der Waals surface area contributed by atoms with Gasteiger partial charge in [-0.3, -0.25) is 0 Å². The molecule has 8 heteroatoms. The van der Waals surface area contributed by atoms with Crippen LogP contribution in [-0.4, -0.2) is 70.8 Å². The highest BCUT2D eigenvalue weighted by Crippen LogP contribution is 2.34. The van der Waals surface area contributed by atoms with Gasteiger partial charge in [0.2, 0.25) is 0 Å². The molecule has 0 aromatic heterocycles. The number of epoxide rings is 1. The highest BCUT2D eigenvalue weighted by Gasteiger charge is 2.44. The van der Waals surface area contributed by atoms with Crippen molar-refractivity contribution in [2.24, 2.45) is 0 Å². The molecule has 0 radical (unpaired) electrons. The van der Waals surface area contributed by atoms with Gasteiger partial charge in [-0.1, -0.05) is 35.9 Å². The number of ether oxygens (including phenoxy) is 3. The normalized spacial score (nSPS) is 30.2. The maximum Gasteiger partial charge on any atom is 0.119 e. The zero-order valence-corrected chi connectivity index (χ0v) is 17.7. The molecule has 168 valence electrons. The maximum atomic E-state index is 10.4. The smallest absolute Gasteiger partial charge is 0.119 e. The Labute approximate surface area is 185 Å². The van der Waals surface area contributed by atoms with Crippen LogP contribution in [0.4, 0.5) is 0 Å². The average molecular weight is 451 g/mol. The summed E-state index contributed by atoms with van der Waals surface area (Å²) >= 11 is 6.40. The summed E-state index contributed by atoms with van der Waals surface area (Å²) in [7, 11) is 0. The van der Waals surface area contributed by atoms with Gasteiger partial charge >= 0.3 is 0 Å². The highest BCUT2D eigenvalue weighted by atomic mass is 35.5. The van der Waals surface area contributed by atoms with Crippen molar-refractivity contribution >= 4 is 11.6 Å². The molecule has 31 heavy (non-hydrogen) atoms. The lowest BCUT2D eigenvalue weighted by atomic mass is 9.90. The molecule has 2 aromatic rings. The van der Waals surface area contributed by atoms with Gasteiger partial charge in [-0.05, 0) is 41.3 Å². The van der Waals surface area contributed by atoms with Crippen LogP contribution in [0.25, 0.3) is 0 Å². The summed E-state index contributed by atoms with van der Waals surface area (Å²) in [4.78, 5) is 0. The zero-order chi connectivity index (χ0) is 22.0. The van der Waals surface area contributed by atoms with Crippen LogP contribution in [0.1, 0.15) is 29.2 Å². The third-order valence-corrected chi connectivity index (χ3v) is 6.09. The Kier molecular flexibility index (Phi) is 7.13. The summed E-state index contributed by atoms with van der Waals surface area (Å²) in [6.07, 6.45) is -4.20. The van der Waals surface area contributed by atoms with Crippen LogP contribution in [-0.2, 0) is 15.9 Å². The lowest BCUT2D eigenvalue weighted by Gasteiger charge is -2.40. The summed E-state index contributed by atoms with van der Waals surface area (Å²) in [5.41, 5.74) is 2.47. The number of benzene rings is 2. The SMILES string of the molecule is OC[C@H]1O[C@@H](c2ccc(Cl)c(Cc3ccc(OCC[C@H]4CO4)cc3)c2)[C@H](O)[C@@H](O)[C@@H]1O. The van der Waals surface area contributed by atoms with E-state index in [0.717, 1.165) is 29.9 Å². The van der Waals surface area contributed by atoms with Crippen molar-refractivity contribution in [2.45, 2.75) is 49.5 Å². The molecule has 0 bridgehead atoms. The molecule has 2 aliphatic rings. The first-order valence-electron chi connectivity index (χ1n) is 10.4. The molecular formula is C23H27ClO7. The lowest BCUT2D eigenvalue weighted by Crippen LogP contribution is -2.55. The second-order valence-corrected chi connectivity index (χ2v) is 8.42. The molecule has 2 fully saturated rings. The van der Waals surface area contributed by atoms with Crippen LogP contribution in [0.3, 0.4) is 0 Å². The molecule has 0 aliphatic carbocycles. The predicted molar refractivity (Wildman–Crippen MR) is 113 cm³/mol. The van der Waals surface area contributed by atoms with Crippen LogP contribution < -0.4 is 4.74 Å². The van der Waals surface area contributed by atoms with Gasteiger partial charge in [0.25, 0.3) is 0 Å². The number of rotatable bonds is 8. The van der Waals surface area contributed by atoms with Crippen LogP contribution >= 0.6 is 11.6 Å². The lowest BCUT2D eigenvalue weighted by molar-refractivity contribution is -0.231. The summed E-state index contributed by atoms with van der Waals surface area (Å²) in [6.45, 7) is 0.978.